The molecular formula is C13H17ClN2O3S. The molecule has 2 rings (SSSR count). The molecule has 0 spiro atoms. The van der Waals surface area contributed by atoms with Gasteiger partial charge in [-0.3, -0.25) is 4.79 Å². The molecule has 0 bridgehead atoms. The van der Waals surface area contributed by atoms with Crippen molar-refractivity contribution in [1.82, 2.24) is 4.31 Å². The van der Waals surface area contributed by atoms with Crippen LogP contribution in [0.1, 0.15) is 19.8 Å². The van der Waals surface area contributed by atoms with Gasteiger partial charge in [-0.1, -0.05) is 6.07 Å². The lowest BCUT2D eigenvalue weighted by Crippen LogP contribution is -2.28. The lowest BCUT2D eigenvalue weighted by Gasteiger charge is -2.16. The number of carbonyl (C=O) groups excluding carboxylic acids is 1. The van der Waals surface area contributed by atoms with Crippen LogP contribution in [0.4, 0.5) is 5.69 Å². The molecule has 0 aromatic heterocycles. The summed E-state index contributed by atoms with van der Waals surface area (Å²) in [5.41, 5.74) is 0.433. The minimum atomic E-state index is -3.47. The molecule has 1 aliphatic heterocycles. The zero-order valence-corrected chi connectivity index (χ0v) is 12.7. The molecule has 1 unspecified atom stereocenters. The van der Waals surface area contributed by atoms with Gasteiger partial charge < -0.3 is 5.32 Å². The summed E-state index contributed by atoms with van der Waals surface area (Å²) in [5, 5.41) is 1.92. The highest BCUT2D eigenvalue weighted by molar-refractivity contribution is 7.89. The first kappa shape index (κ1) is 15.3. The number of hydrogen-bond acceptors (Lipinski definition) is 3. The van der Waals surface area contributed by atoms with E-state index in [9.17, 15) is 13.2 Å². The molecule has 1 atom stereocenters. The van der Waals surface area contributed by atoms with Crippen LogP contribution in [0, 0.1) is 0 Å². The summed E-state index contributed by atoms with van der Waals surface area (Å²) in [6.45, 7) is 2.66. The second-order valence-electron chi connectivity index (χ2n) is 4.74. The number of nitrogens with zero attached hydrogens (tertiary/aromatic N) is 1. The van der Waals surface area contributed by atoms with Gasteiger partial charge in [-0.05, 0) is 38.0 Å². The maximum Gasteiger partial charge on any atom is 0.243 e. The van der Waals surface area contributed by atoms with Crippen LogP contribution in [-0.4, -0.2) is 37.1 Å². The Morgan fingerprint density at radius 1 is 1.35 bits per heavy atom. The van der Waals surface area contributed by atoms with Crippen LogP contribution in [-0.2, 0) is 14.8 Å². The van der Waals surface area contributed by atoms with Crippen LogP contribution in [0.15, 0.2) is 29.2 Å². The number of nitrogens with one attached hydrogen (secondary N) is 1. The van der Waals surface area contributed by atoms with Gasteiger partial charge in [0.25, 0.3) is 0 Å². The Morgan fingerprint density at radius 3 is 2.60 bits per heavy atom. The third kappa shape index (κ3) is 3.31. The van der Waals surface area contributed by atoms with Crippen molar-refractivity contribution in [3.05, 3.63) is 24.3 Å². The third-order valence-corrected chi connectivity index (χ3v) is 5.26. The smallest absolute Gasteiger partial charge is 0.243 e. The molecule has 0 radical (unpaired) electrons. The van der Waals surface area contributed by atoms with E-state index < -0.39 is 15.4 Å². The Hall–Kier alpha value is -1.11. The van der Waals surface area contributed by atoms with Crippen LogP contribution in [0.5, 0.6) is 0 Å². The molecule has 1 aliphatic rings. The molecule has 1 saturated heterocycles. The number of rotatable bonds is 4. The molecule has 0 aliphatic carbocycles. The van der Waals surface area contributed by atoms with Gasteiger partial charge in [0.2, 0.25) is 15.9 Å². The second-order valence-corrected chi connectivity index (χ2v) is 7.34. The maximum absolute atomic E-state index is 12.4. The van der Waals surface area contributed by atoms with Crippen molar-refractivity contribution < 1.29 is 13.2 Å². The molecule has 110 valence electrons. The highest BCUT2D eigenvalue weighted by Gasteiger charge is 2.27. The number of halogens is 1. The predicted octanol–water partition coefficient (Wildman–Crippen LogP) is 2.04. The van der Waals surface area contributed by atoms with E-state index in [0.717, 1.165) is 12.8 Å². The number of anilines is 1. The number of carbonyl (C=O) groups is 1. The molecule has 1 aromatic rings. The van der Waals surface area contributed by atoms with Crippen molar-refractivity contribution in [3.8, 4) is 0 Å². The Kier molecular flexibility index (Phi) is 4.67. The van der Waals surface area contributed by atoms with E-state index in [1.807, 2.05) is 0 Å². The fourth-order valence-electron chi connectivity index (χ4n) is 2.05. The molecule has 5 nitrogen and oxygen atoms in total. The second kappa shape index (κ2) is 6.11. The normalized spacial score (nSPS) is 17.9. The Labute approximate surface area is 124 Å². The predicted molar refractivity (Wildman–Crippen MR) is 78.4 cm³/mol. The van der Waals surface area contributed by atoms with Crippen molar-refractivity contribution in [2.45, 2.75) is 30.0 Å². The van der Waals surface area contributed by atoms with E-state index in [4.69, 9.17) is 11.6 Å². The first-order valence-corrected chi connectivity index (χ1v) is 8.34. The number of benzene rings is 1. The fourth-order valence-corrected chi connectivity index (χ4v) is 3.67. The van der Waals surface area contributed by atoms with Gasteiger partial charge in [0.05, 0.1) is 4.90 Å². The van der Waals surface area contributed by atoms with Gasteiger partial charge in [-0.25, -0.2) is 8.42 Å². The Bertz CT molecular complexity index is 595. The molecule has 1 fully saturated rings. The van der Waals surface area contributed by atoms with Crippen LogP contribution >= 0.6 is 11.6 Å². The molecule has 1 heterocycles. The van der Waals surface area contributed by atoms with Crippen LogP contribution in [0.3, 0.4) is 0 Å². The first-order chi connectivity index (χ1) is 9.41. The monoisotopic (exact) mass is 316 g/mol. The molecule has 7 heteroatoms. The van der Waals surface area contributed by atoms with E-state index in [0.29, 0.717) is 18.8 Å². The van der Waals surface area contributed by atoms with Crippen molar-refractivity contribution >= 4 is 33.2 Å². The molecule has 20 heavy (non-hydrogen) atoms. The first-order valence-electron chi connectivity index (χ1n) is 6.46. The standard InChI is InChI=1S/C13H17ClN2O3S/c1-10(14)13(17)15-11-5-4-6-12(9-11)20(18,19)16-7-2-3-8-16/h4-6,9-10H,2-3,7-8H2,1H3,(H,15,17). The van der Waals surface area contributed by atoms with E-state index in [1.54, 1.807) is 19.1 Å². The quantitative estimate of drug-likeness (QED) is 0.864. The molecule has 1 N–H and O–H groups in total. The fraction of sp³-hybridized carbons (Fsp3) is 0.462. The lowest BCUT2D eigenvalue weighted by molar-refractivity contribution is -0.115. The number of alkyl halides is 1. The zero-order chi connectivity index (χ0) is 14.8. The summed E-state index contributed by atoms with van der Waals surface area (Å²) in [7, 11) is -3.47. The summed E-state index contributed by atoms with van der Waals surface area (Å²) in [6.07, 6.45) is 1.78. The highest BCUT2D eigenvalue weighted by atomic mass is 35.5. The van der Waals surface area contributed by atoms with Gasteiger partial charge in [-0.15, -0.1) is 11.6 Å². The summed E-state index contributed by atoms with van der Waals surface area (Å²) < 4.78 is 26.3. The number of sulfonamides is 1. The maximum atomic E-state index is 12.4. The largest absolute Gasteiger partial charge is 0.325 e. The number of amides is 1. The van der Waals surface area contributed by atoms with Crippen molar-refractivity contribution in [1.29, 1.82) is 0 Å². The van der Waals surface area contributed by atoms with Gasteiger partial charge in [0, 0.05) is 18.8 Å². The van der Waals surface area contributed by atoms with Crippen LogP contribution in [0.2, 0.25) is 0 Å². The minimum Gasteiger partial charge on any atom is -0.325 e. The SMILES string of the molecule is CC(Cl)C(=O)Nc1cccc(S(=O)(=O)N2CCCC2)c1. The molecule has 1 amide bonds. The van der Waals surface area contributed by atoms with E-state index in [2.05, 4.69) is 5.32 Å². The third-order valence-electron chi connectivity index (χ3n) is 3.17. The van der Waals surface area contributed by atoms with Gasteiger partial charge in [0.15, 0.2) is 0 Å². The topological polar surface area (TPSA) is 66.5 Å². The van der Waals surface area contributed by atoms with Gasteiger partial charge in [0.1, 0.15) is 5.38 Å². The van der Waals surface area contributed by atoms with Gasteiger partial charge in [-0.2, -0.15) is 4.31 Å². The average molecular weight is 317 g/mol. The van der Waals surface area contributed by atoms with Crippen molar-refractivity contribution in [2.75, 3.05) is 18.4 Å². The van der Waals surface area contributed by atoms with Gasteiger partial charge >= 0.3 is 0 Å². The highest BCUT2D eigenvalue weighted by Crippen LogP contribution is 2.23. The number of hydrogen-bond donors (Lipinski definition) is 1. The van der Waals surface area contributed by atoms with Crippen LogP contribution < -0.4 is 5.32 Å². The molecule has 1 aromatic carbocycles. The Morgan fingerprint density at radius 2 is 2.00 bits per heavy atom. The summed E-state index contributed by atoms with van der Waals surface area (Å²) in [4.78, 5) is 11.7. The van der Waals surface area contributed by atoms with E-state index in [-0.39, 0.29) is 10.8 Å². The van der Waals surface area contributed by atoms with E-state index >= 15 is 0 Å². The molecular weight excluding hydrogens is 300 g/mol. The molecule has 0 saturated carbocycles. The minimum absolute atomic E-state index is 0.194. The van der Waals surface area contributed by atoms with Crippen molar-refractivity contribution in [3.63, 3.8) is 0 Å². The lowest BCUT2D eigenvalue weighted by atomic mass is 10.3. The van der Waals surface area contributed by atoms with E-state index in [1.165, 1.54) is 16.4 Å². The average Bonchev–Trinajstić information content (AvgIpc) is 2.93. The van der Waals surface area contributed by atoms with Crippen molar-refractivity contribution in [2.24, 2.45) is 0 Å². The summed E-state index contributed by atoms with van der Waals surface area (Å²) in [5.74, 6) is -0.359. The summed E-state index contributed by atoms with van der Waals surface area (Å²) >= 11 is 5.67. The Balaban J connectivity index is 2.23. The summed E-state index contributed by atoms with van der Waals surface area (Å²) in [6, 6.07) is 6.25. The zero-order valence-electron chi connectivity index (χ0n) is 11.2. The van der Waals surface area contributed by atoms with Crippen LogP contribution in [0.25, 0.3) is 0 Å².